The summed E-state index contributed by atoms with van der Waals surface area (Å²) in [4.78, 5) is 4.29. The molecule has 2 nitrogen and oxygen atoms in total. The molecule has 0 fully saturated rings. The number of rotatable bonds is 3. The largest absolute Gasteiger partial charge is 0.477 e. The van der Waals surface area contributed by atoms with Gasteiger partial charge in [-0.25, -0.2) is 8.78 Å². The first-order valence-corrected chi connectivity index (χ1v) is 7.50. The molecule has 0 saturated heterocycles. The molecular weight excluding hydrogens is 387 g/mol. The summed E-state index contributed by atoms with van der Waals surface area (Å²) >= 11 is 2.19. The van der Waals surface area contributed by atoms with Gasteiger partial charge in [-0.05, 0) is 59.0 Å². The first kappa shape index (κ1) is 14.4. The van der Waals surface area contributed by atoms with Crippen molar-refractivity contribution in [3.05, 3.63) is 63.5 Å². The molecule has 0 radical (unpaired) electrons. The van der Waals surface area contributed by atoms with Crippen LogP contribution in [-0.4, -0.2) is 23.9 Å². The third kappa shape index (κ3) is 2.66. The Hall–Kier alpha value is -1.50. The molecule has 0 unspecified atom stereocenters. The van der Waals surface area contributed by atoms with Gasteiger partial charge in [0.15, 0.2) is 5.60 Å². The molecule has 0 saturated carbocycles. The second-order valence-electron chi connectivity index (χ2n) is 4.85. The minimum Gasteiger partial charge on any atom is -0.477 e. The Morgan fingerprint density at radius 3 is 2.62 bits per heavy atom. The van der Waals surface area contributed by atoms with Gasteiger partial charge in [-0.2, -0.15) is 0 Å². The Bertz CT molecular complexity index is 684. The van der Waals surface area contributed by atoms with Gasteiger partial charge in [-0.1, -0.05) is 6.07 Å². The van der Waals surface area contributed by atoms with Crippen molar-refractivity contribution in [2.45, 2.75) is 5.60 Å². The molecule has 0 bridgehead atoms. The standard InChI is InChI=1S/C16H12F2INO/c17-9-16(10-18)8-13(14-3-1-2-6-20-14)12-7-11(19)4-5-15(12)21-16/h1-8H,9-10H2. The summed E-state index contributed by atoms with van der Waals surface area (Å²) in [5, 5.41) is 0. The Labute approximate surface area is 135 Å². The van der Waals surface area contributed by atoms with Gasteiger partial charge in [0.25, 0.3) is 0 Å². The maximum absolute atomic E-state index is 13.4. The van der Waals surface area contributed by atoms with Crippen LogP contribution in [0, 0.1) is 3.57 Å². The maximum atomic E-state index is 13.4. The minimum absolute atomic E-state index is 0.480. The number of ether oxygens (including phenoxy) is 1. The Morgan fingerprint density at radius 2 is 1.95 bits per heavy atom. The van der Waals surface area contributed by atoms with E-state index < -0.39 is 19.0 Å². The molecule has 0 amide bonds. The van der Waals surface area contributed by atoms with Gasteiger partial charge >= 0.3 is 0 Å². The zero-order valence-electron chi connectivity index (χ0n) is 11.0. The van der Waals surface area contributed by atoms with Crippen molar-refractivity contribution >= 4 is 28.2 Å². The van der Waals surface area contributed by atoms with Crippen LogP contribution in [0.25, 0.3) is 5.57 Å². The van der Waals surface area contributed by atoms with Crippen LogP contribution in [-0.2, 0) is 0 Å². The van der Waals surface area contributed by atoms with E-state index in [0.717, 1.165) is 9.13 Å². The molecule has 3 rings (SSSR count). The number of nitrogens with zero attached hydrogens (tertiary/aromatic N) is 1. The average Bonchev–Trinajstić information content (AvgIpc) is 2.55. The van der Waals surface area contributed by atoms with E-state index in [1.165, 1.54) is 6.08 Å². The molecule has 21 heavy (non-hydrogen) atoms. The SMILES string of the molecule is FCC1(CF)C=C(c2ccccn2)c2cc(I)ccc2O1. The number of fused-ring (bicyclic) bond motifs is 1. The summed E-state index contributed by atoms with van der Waals surface area (Å²) in [6.45, 7) is -1.85. The fourth-order valence-electron chi connectivity index (χ4n) is 2.29. The van der Waals surface area contributed by atoms with Crippen LogP contribution in [0.2, 0.25) is 0 Å². The maximum Gasteiger partial charge on any atom is 0.184 e. The highest BCUT2D eigenvalue weighted by atomic mass is 127. The third-order valence-electron chi connectivity index (χ3n) is 3.35. The molecule has 0 atom stereocenters. The first-order chi connectivity index (χ1) is 10.2. The molecule has 2 aromatic rings. The summed E-state index contributed by atoms with van der Waals surface area (Å²) in [5.41, 5.74) is 0.617. The lowest BCUT2D eigenvalue weighted by atomic mass is 9.91. The Morgan fingerprint density at radius 1 is 1.14 bits per heavy atom. The van der Waals surface area contributed by atoms with Crippen molar-refractivity contribution in [1.82, 2.24) is 4.98 Å². The summed E-state index contributed by atoms with van der Waals surface area (Å²) in [5.74, 6) is 0.480. The number of aromatic nitrogens is 1. The number of halogens is 3. The van der Waals surface area contributed by atoms with E-state index in [1.54, 1.807) is 18.3 Å². The highest BCUT2D eigenvalue weighted by Crippen LogP contribution is 2.40. The van der Waals surface area contributed by atoms with Gasteiger partial charge in [-0.3, -0.25) is 4.98 Å². The van der Waals surface area contributed by atoms with Crippen LogP contribution in [0.3, 0.4) is 0 Å². The summed E-state index contributed by atoms with van der Waals surface area (Å²) < 4.78 is 33.3. The summed E-state index contributed by atoms with van der Waals surface area (Å²) in [6, 6.07) is 11.0. The number of benzene rings is 1. The van der Waals surface area contributed by atoms with Crippen molar-refractivity contribution in [2.75, 3.05) is 13.3 Å². The second-order valence-corrected chi connectivity index (χ2v) is 6.09. The molecule has 0 spiro atoms. The number of hydrogen-bond donors (Lipinski definition) is 0. The molecule has 2 heterocycles. The van der Waals surface area contributed by atoms with Crippen LogP contribution in [0.15, 0.2) is 48.7 Å². The van der Waals surface area contributed by atoms with Gasteiger partial charge < -0.3 is 4.74 Å². The van der Waals surface area contributed by atoms with Crippen LogP contribution >= 0.6 is 22.6 Å². The van der Waals surface area contributed by atoms with Crippen molar-refractivity contribution in [3.63, 3.8) is 0 Å². The smallest absolute Gasteiger partial charge is 0.184 e. The molecule has 1 aliphatic rings. The molecular formula is C16H12F2INO. The molecule has 5 heteroatoms. The van der Waals surface area contributed by atoms with E-state index in [0.29, 0.717) is 17.0 Å². The van der Waals surface area contributed by atoms with Crippen molar-refractivity contribution in [2.24, 2.45) is 0 Å². The zero-order chi connectivity index (χ0) is 14.9. The topological polar surface area (TPSA) is 22.1 Å². The lowest BCUT2D eigenvalue weighted by Gasteiger charge is -2.32. The van der Waals surface area contributed by atoms with E-state index in [4.69, 9.17) is 4.74 Å². The highest BCUT2D eigenvalue weighted by molar-refractivity contribution is 14.1. The van der Waals surface area contributed by atoms with E-state index in [9.17, 15) is 8.78 Å². The Balaban J connectivity index is 2.21. The van der Waals surface area contributed by atoms with E-state index in [2.05, 4.69) is 27.6 Å². The molecule has 1 aliphatic heterocycles. The molecule has 0 aliphatic carbocycles. The molecule has 1 aromatic carbocycles. The molecule has 0 N–H and O–H groups in total. The number of hydrogen-bond acceptors (Lipinski definition) is 2. The normalized spacial score (nSPS) is 15.9. The van der Waals surface area contributed by atoms with Crippen molar-refractivity contribution in [1.29, 1.82) is 0 Å². The first-order valence-electron chi connectivity index (χ1n) is 6.42. The van der Waals surface area contributed by atoms with E-state index >= 15 is 0 Å². The number of pyridine rings is 1. The van der Waals surface area contributed by atoms with E-state index in [-0.39, 0.29) is 0 Å². The van der Waals surface area contributed by atoms with E-state index in [1.807, 2.05) is 24.3 Å². The van der Waals surface area contributed by atoms with Crippen molar-refractivity contribution < 1.29 is 13.5 Å². The monoisotopic (exact) mass is 399 g/mol. The second kappa shape index (κ2) is 5.71. The average molecular weight is 399 g/mol. The van der Waals surface area contributed by atoms with Gasteiger partial charge in [0.05, 0.1) is 5.69 Å². The van der Waals surface area contributed by atoms with Crippen LogP contribution in [0.5, 0.6) is 5.75 Å². The quantitative estimate of drug-likeness (QED) is 0.723. The lowest BCUT2D eigenvalue weighted by molar-refractivity contribution is 0.0593. The third-order valence-corrected chi connectivity index (χ3v) is 4.02. The minimum atomic E-state index is -1.56. The molecule has 108 valence electrons. The molecule has 1 aromatic heterocycles. The van der Waals surface area contributed by atoms with Gasteiger partial charge in [0.1, 0.15) is 19.1 Å². The van der Waals surface area contributed by atoms with Gasteiger partial charge in [0, 0.05) is 20.9 Å². The van der Waals surface area contributed by atoms with Crippen LogP contribution in [0.4, 0.5) is 8.78 Å². The van der Waals surface area contributed by atoms with Crippen LogP contribution in [0.1, 0.15) is 11.3 Å². The summed E-state index contributed by atoms with van der Waals surface area (Å²) in [7, 11) is 0. The highest BCUT2D eigenvalue weighted by Gasteiger charge is 2.36. The predicted octanol–water partition coefficient (Wildman–Crippen LogP) is 4.19. The predicted molar refractivity (Wildman–Crippen MR) is 85.8 cm³/mol. The van der Waals surface area contributed by atoms with Gasteiger partial charge in [-0.15, -0.1) is 0 Å². The fourth-order valence-corrected chi connectivity index (χ4v) is 2.78. The van der Waals surface area contributed by atoms with Crippen LogP contribution < -0.4 is 4.74 Å². The van der Waals surface area contributed by atoms with Gasteiger partial charge in [0.2, 0.25) is 0 Å². The zero-order valence-corrected chi connectivity index (χ0v) is 13.2. The lowest BCUT2D eigenvalue weighted by Crippen LogP contribution is -2.41. The number of alkyl halides is 2. The summed E-state index contributed by atoms with van der Waals surface area (Å²) in [6.07, 6.45) is 3.17. The fraction of sp³-hybridized carbons (Fsp3) is 0.188. The Kier molecular flexibility index (Phi) is 3.93. The van der Waals surface area contributed by atoms with Crippen molar-refractivity contribution in [3.8, 4) is 5.75 Å².